The number of benzene rings is 1. The second-order valence-corrected chi connectivity index (χ2v) is 7.85. The highest BCUT2D eigenvalue weighted by Gasteiger charge is 2.48. The molecule has 1 aromatic heterocycles. The number of halogens is 2. The van der Waals surface area contributed by atoms with Crippen LogP contribution in [0.1, 0.15) is 36.3 Å². The summed E-state index contributed by atoms with van der Waals surface area (Å²) in [7, 11) is 0. The van der Waals surface area contributed by atoms with Crippen LogP contribution < -0.4 is 0 Å². The fourth-order valence-electron chi connectivity index (χ4n) is 4.45. The number of aliphatic hydroxyl groups excluding tert-OH is 1. The summed E-state index contributed by atoms with van der Waals surface area (Å²) in [6.45, 7) is 2.89. The van der Waals surface area contributed by atoms with Crippen molar-refractivity contribution in [3.63, 3.8) is 0 Å². The monoisotopic (exact) mass is 390 g/mol. The van der Waals surface area contributed by atoms with Gasteiger partial charge in [0.15, 0.2) is 11.6 Å². The van der Waals surface area contributed by atoms with Crippen LogP contribution in [-0.2, 0) is 24.5 Å². The molecule has 4 rings (SSSR count). The van der Waals surface area contributed by atoms with Crippen LogP contribution in [0.2, 0.25) is 0 Å². The fraction of sp³-hybridized carbons (Fsp3) is 0.476. The molecule has 2 aliphatic heterocycles. The number of amides is 1. The van der Waals surface area contributed by atoms with Gasteiger partial charge in [0.2, 0.25) is 5.91 Å². The van der Waals surface area contributed by atoms with Crippen LogP contribution in [0.25, 0.3) is 0 Å². The molecule has 7 heteroatoms. The molecule has 1 aromatic carbocycles. The van der Waals surface area contributed by atoms with Crippen molar-refractivity contribution >= 4 is 5.91 Å². The van der Waals surface area contributed by atoms with E-state index < -0.39 is 17.0 Å². The Morgan fingerprint density at radius 3 is 2.61 bits per heavy atom. The van der Waals surface area contributed by atoms with E-state index in [4.69, 9.17) is 9.52 Å². The maximum absolute atomic E-state index is 13.5. The van der Waals surface area contributed by atoms with Crippen molar-refractivity contribution in [1.82, 2.24) is 9.80 Å². The highest BCUT2D eigenvalue weighted by molar-refractivity contribution is 5.84. The lowest BCUT2D eigenvalue weighted by Gasteiger charge is -2.39. The van der Waals surface area contributed by atoms with Gasteiger partial charge in [0.1, 0.15) is 18.1 Å². The van der Waals surface area contributed by atoms with Crippen LogP contribution in [0, 0.1) is 17.0 Å². The maximum Gasteiger partial charge on any atom is 0.230 e. The molecule has 5 nitrogen and oxygen atoms in total. The molecule has 1 unspecified atom stereocenters. The second-order valence-electron chi connectivity index (χ2n) is 7.85. The molecular formula is C21H24F2N2O3. The third kappa shape index (κ3) is 3.69. The van der Waals surface area contributed by atoms with Gasteiger partial charge in [0, 0.05) is 19.6 Å². The van der Waals surface area contributed by atoms with Crippen LogP contribution >= 0.6 is 0 Å². The Kier molecular flexibility index (Phi) is 5.21. The average Bonchev–Trinajstić information content (AvgIpc) is 3.30. The molecule has 1 amide bonds. The second kappa shape index (κ2) is 7.64. The first kappa shape index (κ1) is 19.1. The number of piperidine rings is 1. The SMILES string of the molecule is O=C1N(Cc2ccc(F)c(F)c2)CCCC12CCN(Cc1ccc(CO)o1)C2. The van der Waals surface area contributed by atoms with E-state index in [9.17, 15) is 13.6 Å². The molecule has 1 N–H and O–H groups in total. The third-order valence-electron chi connectivity index (χ3n) is 5.87. The van der Waals surface area contributed by atoms with Gasteiger partial charge in [0.05, 0.1) is 12.0 Å². The zero-order valence-corrected chi connectivity index (χ0v) is 15.7. The predicted molar refractivity (Wildman–Crippen MR) is 98.0 cm³/mol. The van der Waals surface area contributed by atoms with Gasteiger partial charge in [-0.25, -0.2) is 8.78 Å². The molecule has 0 bridgehead atoms. The molecule has 28 heavy (non-hydrogen) atoms. The zero-order valence-electron chi connectivity index (χ0n) is 15.7. The summed E-state index contributed by atoms with van der Waals surface area (Å²) in [5, 5.41) is 9.13. The van der Waals surface area contributed by atoms with Crippen molar-refractivity contribution in [3.8, 4) is 0 Å². The maximum atomic E-state index is 13.5. The zero-order chi connectivity index (χ0) is 19.7. The van der Waals surface area contributed by atoms with Gasteiger partial charge in [-0.1, -0.05) is 6.07 Å². The number of hydrogen-bond donors (Lipinski definition) is 1. The van der Waals surface area contributed by atoms with Crippen LogP contribution in [0.3, 0.4) is 0 Å². The quantitative estimate of drug-likeness (QED) is 0.853. The van der Waals surface area contributed by atoms with E-state index in [1.807, 2.05) is 6.07 Å². The normalized spacial score (nSPS) is 23.1. The highest BCUT2D eigenvalue weighted by Crippen LogP contribution is 2.41. The van der Waals surface area contributed by atoms with Crippen molar-refractivity contribution in [3.05, 3.63) is 59.1 Å². The Morgan fingerprint density at radius 1 is 1.04 bits per heavy atom. The number of likely N-dealkylation sites (tertiary alicyclic amines) is 2. The van der Waals surface area contributed by atoms with Crippen LogP contribution in [0.15, 0.2) is 34.7 Å². The van der Waals surface area contributed by atoms with E-state index in [0.29, 0.717) is 37.5 Å². The molecule has 2 aliphatic rings. The van der Waals surface area contributed by atoms with Crippen molar-refractivity contribution in [2.45, 2.75) is 39.0 Å². The van der Waals surface area contributed by atoms with Gasteiger partial charge in [-0.2, -0.15) is 0 Å². The van der Waals surface area contributed by atoms with Crippen molar-refractivity contribution in [1.29, 1.82) is 0 Å². The molecule has 0 saturated carbocycles. The Balaban J connectivity index is 1.42. The summed E-state index contributed by atoms with van der Waals surface area (Å²) in [6, 6.07) is 7.42. The van der Waals surface area contributed by atoms with E-state index in [0.717, 1.165) is 37.6 Å². The summed E-state index contributed by atoms with van der Waals surface area (Å²) >= 11 is 0. The van der Waals surface area contributed by atoms with Gasteiger partial charge in [0.25, 0.3) is 0 Å². The molecular weight excluding hydrogens is 366 g/mol. The summed E-state index contributed by atoms with van der Waals surface area (Å²) in [5.41, 5.74) is 0.190. The van der Waals surface area contributed by atoms with Crippen molar-refractivity contribution in [2.75, 3.05) is 19.6 Å². The van der Waals surface area contributed by atoms with E-state index in [1.165, 1.54) is 12.1 Å². The van der Waals surface area contributed by atoms with Crippen LogP contribution in [0.5, 0.6) is 0 Å². The molecule has 1 atom stereocenters. The number of carbonyl (C=O) groups excluding carboxylic acids is 1. The van der Waals surface area contributed by atoms with Crippen LogP contribution in [-0.4, -0.2) is 40.4 Å². The highest BCUT2D eigenvalue weighted by atomic mass is 19.2. The summed E-state index contributed by atoms with van der Waals surface area (Å²) in [5.74, 6) is -0.344. The molecule has 150 valence electrons. The molecule has 2 aromatic rings. The lowest BCUT2D eigenvalue weighted by atomic mass is 9.78. The van der Waals surface area contributed by atoms with E-state index in [1.54, 1.807) is 11.0 Å². The van der Waals surface area contributed by atoms with Gasteiger partial charge in [-0.15, -0.1) is 0 Å². The number of furan rings is 1. The Bertz CT molecular complexity index is 869. The molecule has 2 fully saturated rings. The smallest absolute Gasteiger partial charge is 0.230 e. The number of rotatable bonds is 5. The minimum absolute atomic E-state index is 0.0986. The first-order chi connectivity index (χ1) is 13.5. The van der Waals surface area contributed by atoms with E-state index in [-0.39, 0.29) is 12.5 Å². The van der Waals surface area contributed by atoms with Crippen molar-refractivity contribution < 1.29 is 23.1 Å². The largest absolute Gasteiger partial charge is 0.462 e. The third-order valence-corrected chi connectivity index (χ3v) is 5.87. The number of hydrogen-bond acceptors (Lipinski definition) is 4. The molecule has 1 spiro atoms. The topological polar surface area (TPSA) is 56.9 Å². The molecule has 2 saturated heterocycles. The molecule has 0 aliphatic carbocycles. The van der Waals surface area contributed by atoms with Gasteiger partial charge < -0.3 is 14.4 Å². The number of aliphatic hydroxyl groups is 1. The Labute approximate surface area is 162 Å². The van der Waals surface area contributed by atoms with Crippen molar-refractivity contribution in [2.24, 2.45) is 5.41 Å². The van der Waals surface area contributed by atoms with Gasteiger partial charge in [-0.3, -0.25) is 9.69 Å². The number of carbonyl (C=O) groups is 1. The van der Waals surface area contributed by atoms with Crippen LogP contribution in [0.4, 0.5) is 8.78 Å². The summed E-state index contributed by atoms with van der Waals surface area (Å²) in [4.78, 5) is 17.2. The number of nitrogens with zero attached hydrogens (tertiary/aromatic N) is 2. The fourth-order valence-corrected chi connectivity index (χ4v) is 4.45. The van der Waals surface area contributed by atoms with Gasteiger partial charge in [-0.05, 0) is 55.6 Å². The lowest BCUT2D eigenvalue weighted by molar-refractivity contribution is -0.146. The molecule has 3 heterocycles. The lowest BCUT2D eigenvalue weighted by Crippen LogP contribution is -2.49. The van der Waals surface area contributed by atoms with E-state index >= 15 is 0 Å². The first-order valence-electron chi connectivity index (χ1n) is 9.63. The Morgan fingerprint density at radius 2 is 1.86 bits per heavy atom. The van der Waals surface area contributed by atoms with Gasteiger partial charge >= 0.3 is 0 Å². The summed E-state index contributed by atoms with van der Waals surface area (Å²) in [6.07, 6.45) is 2.53. The summed E-state index contributed by atoms with van der Waals surface area (Å²) < 4.78 is 32.2. The average molecular weight is 390 g/mol. The Hall–Kier alpha value is -2.25. The molecule has 0 radical (unpaired) electrons. The standard InChI is InChI=1S/C21H24F2N2O3/c22-18-5-2-15(10-19(18)23)11-25-8-1-6-21(20(25)27)7-9-24(14-21)12-16-3-4-17(13-26)28-16/h2-5,10,26H,1,6-9,11-14H2. The van der Waals surface area contributed by atoms with E-state index in [2.05, 4.69) is 4.90 Å². The minimum atomic E-state index is -0.885. The predicted octanol–water partition coefficient (Wildman–Crippen LogP) is 3.06. The first-order valence-corrected chi connectivity index (χ1v) is 9.63. The minimum Gasteiger partial charge on any atom is -0.462 e.